The predicted octanol–water partition coefficient (Wildman–Crippen LogP) is 7.10. The first-order valence-corrected chi connectivity index (χ1v) is 15.7. The van der Waals surface area contributed by atoms with Crippen molar-refractivity contribution < 1.29 is 13.2 Å². The number of nitrogens with one attached hydrogen (secondary N) is 2. The molecule has 9 heteroatoms. The van der Waals surface area contributed by atoms with Crippen molar-refractivity contribution in [3.05, 3.63) is 92.5 Å². The van der Waals surface area contributed by atoms with Gasteiger partial charge in [-0.15, -0.1) is 0 Å². The van der Waals surface area contributed by atoms with E-state index in [0.29, 0.717) is 21.2 Å². The Balaban J connectivity index is 1.44. The van der Waals surface area contributed by atoms with Gasteiger partial charge in [0, 0.05) is 25.7 Å². The maximum atomic E-state index is 13.6. The van der Waals surface area contributed by atoms with Gasteiger partial charge in [-0.25, -0.2) is 8.42 Å². The van der Waals surface area contributed by atoms with Crippen molar-refractivity contribution >= 4 is 44.8 Å². The van der Waals surface area contributed by atoms with Crippen molar-refractivity contribution in [2.24, 2.45) is 0 Å². The lowest BCUT2D eigenvalue weighted by Gasteiger charge is -2.32. The zero-order valence-corrected chi connectivity index (χ0v) is 26.0. The summed E-state index contributed by atoms with van der Waals surface area (Å²) in [6, 6.07) is 16.2. The van der Waals surface area contributed by atoms with E-state index >= 15 is 0 Å². The summed E-state index contributed by atoms with van der Waals surface area (Å²) in [5, 5.41) is 4.20. The van der Waals surface area contributed by atoms with Gasteiger partial charge >= 0.3 is 0 Å². The smallest absolute Gasteiger partial charge is 0.262 e. The Labute approximate surface area is 248 Å². The van der Waals surface area contributed by atoms with Crippen LogP contribution in [0.15, 0.2) is 59.5 Å². The molecule has 4 rings (SSSR count). The molecule has 3 aromatic rings. The van der Waals surface area contributed by atoms with E-state index in [2.05, 4.69) is 35.7 Å². The van der Waals surface area contributed by atoms with E-state index in [1.165, 1.54) is 0 Å². The van der Waals surface area contributed by atoms with Crippen LogP contribution in [0, 0.1) is 13.8 Å². The van der Waals surface area contributed by atoms with Crippen LogP contribution in [-0.4, -0.2) is 38.4 Å². The minimum absolute atomic E-state index is 0.00409. The van der Waals surface area contributed by atoms with Gasteiger partial charge in [0.1, 0.15) is 0 Å². The monoisotopic (exact) mass is 601 g/mol. The number of halogens is 2. The SMILES string of the molecule is Cc1cc(C(C)(C)C)cc(S(=O)(=O)Nc2ccccc2C(=O)NC2CCN(Cc3ccc(Cl)c(Cl)c3)CC2)c1C. The number of hydrogen-bond acceptors (Lipinski definition) is 4. The summed E-state index contributed by atoms with van der Waals surface area (Å²) in [5.41, 5.74) is 3.97. The number of rotatable bonds is 7. The van der Waals surface area contributed by atoms with Gasteiger partial charge in [-0.3, -0.25) is 14.4 Å². The van der Waals surface area contributed by atoms with Crippen LogP contribution in [0.2, 0.25) is 10.0 Å². The molecule has 0 atom stereocenters. The Kier molecular flexibility index (Phi) is 9.20. The topological polar surface area (TPSA) is 78.5 Å². The molecule has 2 N–H and O–H groups in total. The maximum absolute atomic E-state index is 13.6. The molecule has 1 heterocycles. The minimum atomic E-state index is -3.94. The highest BCUT2D eigenvalue weighted by Gasteiger charge is 2.26. The number of anilines is 1. The average molecular weight is 603 g/mol. The van der Waals surface area contributed by atoms with E-state index in [-0.39, 0.29) is 27.9 Å². The summed E-state index contributed by atoms with van der Waals surface area (Å²) < 4.78 is 29.9. The summed E-state index contributed by atoms with van der Waals surface area (Å²) in [4.78, 5) is 15.9. The lowest BCUT2D eigenvalue weighted by atomic mass is 9.85. The van der Waals surface area contributed by atoms with Crippen molar-refractivity contribution in [1.82, 2.24) is 10.2 Å². The molecule has 6 nitrogen and oxygen atoms in total. The average Bonchev–Trinajstić information content (AvgIpc) is 2.88. The summed E-state index contributed by atoms with van der Waals surface area (Å²) >= 11 is 12.2. The fourth-order valence-corrected chi connectivity index (χ4v) is 6.65. The number of piperidine rings is 1. The van der Waals surface area contributed by atoms with E-state index in [1.807, 2.05) is 38.1 Å². The molecule has 0 unspecified atom stereocenters. The highest BCUT2D eigenvalue weighted by molar-refractivity contribution is 7.92. The molecule has 1 saturated heterocycles. The van der Waals surface area contributed by atoms with E-state index in [9.17, 15) is 13.2 Å². The number of hydrogen-bond donors (Lipinski definition) is 2. The Morgan fingerprint density at radius 3 is 2.30 bits per heavy atom. The van der Waals surface area contributed by atoms with Gasteiger partial charge in [0.2, 0.25) is 0 Å². The van der Waals surface area contributed by atoms with Gasteiger partial charge in [-0.2, -0.15) is 0 Å². The Morgan fingerprint density at radius 1 is 0.975 bits per heavy atom. The fourth-order valence-electron chi connectivity index (χ4n) is 4.90. The van der Waals surface area contributed by atoms with Gasteiger partial charge in [0.25, 0.3) is 15.9 Å². The standard InChI is InChI=1S/C31H37Cl2N3O3S/c1-20-16-23(31(3,4)5)18-29(21(20)2)40(38,39)35-28-9-7-6-8-25(28)30(37)34-24-12-14-36(15-13-24)19-22-10-11-26(32)27(33)17-22/h6-11,16-18,24,35H,12-15,19H2,1-5H3,(H,34,37). The highest BCUT2D eigenvalue weighted by atomic mass is 35.5. The number of amides is 1. The fraction of sp³-hybridized carbons (Fsp3) is 0.387. The number of aryl methyl sites for hydroxylation is 1. The summed E-state index contributed by atoms with van der Waals surface area (Å²) in [7, 11) is -3.94. The maximum Gasteiger partial charge on any atom is 0.262 e. The van der Waals surface area contributed by atoms with Crippen LogP contribution in [0.1, 0.15) is 66.2 Å². The van der Waals surface area contributed by atoms with Gasteiger partial charge in [-0.05, 0) is 84.7 Å². The third-order valence-electron chi connectivity index (χ3n) is 7.50. The van der Waals surface area contributed by atoms with Crippen molar-refractivity contribution in [3.8, 4) is 0 Å². The van der Waals surface area contributed by atoms with Crippen molar-refractivity contribution in [2.45, 2.75) is 70.4 Å². The number of sulfonamides is 1. The second-order valence-corrected chi connectivity index (χ2v) is 14.1. The Bertz CT molecular complexity index is 1510. The molecular formula is C31H37Cl2N3O3S. The van der Waals surface area contributed by atoms with E-state index < -0.39 is 10.0 Å². The summed E-state index contributed by atoms with van der Waals surface area (Å²) in [6.45, 7) is 12.3. The van der Waals surface area contributed by atoms with Gasteiger partial charge in [0.05, 0.1) is 26.2 Å². The van der Waals surface area contributed by atoms with Gasteiger partial charge in [-0.1, -0.05) is 68.2 Å². The molecule has 214 valence electrons. The number of carbonyl (C=O) groups excluding carboxylic acids is 1. The second kappa shape index (κ2) is 12.1. The summed E-state index contributed by atoms with van der Waals surface area (Å²) in [6.07, 6.45) is 1.58. The molecular weight excluding hydrogens is 565 g/mol. The Hall–Kier alpha value is -2.58. The van der Waals surface area contributed by atoms with Crippen molar-refractivity contribution in [2.75, 3.05) is 17.8 Å². The number of carbonyl (C=O) groups is 1. The zero-order chi connectivity index (χ0) is 29.2. The molecule has 1 aliphatic rings. The molecule has 1 fully saturated rings. The van der Waals surface area contributed by atoms with Crippen molar-refractivity contribution in [1.29, 1.82) is 0 Å². The third kappa shape index (κ3) is 7.19. The predicted molar refractivity (Wildman–Crippen MR) is 164 cm³/mol. The number of benzene rings is 3. The summed E-state index contributed by atoms with van der Waals surface area (Å²) in [5.74, 6) is -0.294. The molecule has 40 heavy (non-hydrogen) atoms. The van der Waals surface area contributed by atoms with Crippen LogP contribution in [0.3, 0.4) is 0 Å². The quantitative estimate of drug-likeness (QED) is 0.302. The lowest BCUT2D eigenvalue weighted by Crippen LogP contribution is -2.44. The number of nitrogens with zero attached hydrogens (tertiary/aromatic N) is 1. The lowest BCUT2D eigenvalue weighted by molar-refractivity contribution is 0.0910. The van der Waals surface area contributed by atoms with E-state index in [0.717, 1.165) is 49.2 Å². The molecule has 3 aromatic carbocycles. The molecule has 0 saturated carbocycles. The van der Waals surface area contributed by atoms with E-state index in [1.54, 1.807) is 30.3 Å². The largest absolute Gasteiger partial charge is 0.349 e. The van der Waals surface area contributed by atoms with Crippen LogP contribution in [0.5, 0.6) is 0 Å². The van der Waals surface area contributed by atoms with Gasteiger partial charge in [0.15, 0.2) is 0 Å². The first kappa shape index (κ1) is 30.4. The normalized spacial score (nSPS) is 15.2. The van der Waals surface area contributed by atoms with Gasteiger partial charge < -0.3 is 5.32 Å². The molecule has 0 spiro atoms. The van der Waals surface area contributed by atoms with Crippen LogP contribution in [-0.2, 0) is 22.0 Å². The Morgan fingerprint density at radius 2 is 1.65 bits per heavy atom. The molecule has 0 radical (unpaired) electrons. The minimum Gasteiger partial charge on any atom is -0.349 e. The van der Waals surface area contributed by atoms with E-state index in [4.69, 9.17) is 23.2 Å². The molecule has 0 bridgehead atoms. The first-order chi connectivity index (χ1) is 18.7. The number of likely N-dealkylation sites (tertiary alicyclic amines) is 1. The third-order valence-corrected chi connectivity index (χ3v) is 9.73. The highest BCUT2D eigenvalue weighted by Crippen LogP contribution is 2.31. The van der Waals surface area contributed by atoms with Crippen LogP contribution in [0.4, 0.5) is 5.69 Å². The molecule has 1 amide bonds. The second-order valence-electron chi connectivity index (χ2n) is 11.6. The molecule has 0 aromatic heterocycles. The first-order valence-electron chi connectivity index (χ1n) is 13.5. The number of para-hydroxylation sites is 1. The van der Waals surface area contributed by atoms with Crippen LogP contribution < -0.4 is 10.0 Å². The van der Waals surface area contributed by atoms with Crippen molar-refractivity contribution in [3.63, 3.8) is 0 Å². The molecule has 1 aliphatic heterocycles. The van der Waals surface area contributed by atoms with Crippen LogP contribution >= 0.6 is 23.2 Å². The zero-order valence-electron chi connectivity index (χ0n) is 23.6. The van der Waals surface area contributed by atoms with Crippen LogP contribution in [0.25, 0.3) is 0 Å². The molecule has 0 aliphatic carbocycles.